The van der Waals surface area contributed by atoms with Crippen molar-refractivity contribution in [3.63, 3.8) is 0 Å². The summed E-state index contributed by atoms with van der Waals surface area (Å²) in [7, 11) is 2.98. The number of aromatic nitrogens is 2. The molecule has 0 aromatic carbocycles. The summed E-state index contributed by atoms with van der Waals surface area (Å²) in [6, 6.07) is 3.70. The van der Waals surface area contributed by atoms with Gasteiger partial charge in [-0.1, -0.05) is 6.42 Å². The first-order valence-corrected chi connectivity index (χ1v) is 7.59. The summed E-state index contributed by atoms with van der Waals surface area (Å²) >= 11 is 0. The maximum atomic E-state index is 12.0. The fourth-order valence-corrected chi connectivity index (χ4v) is 2.99. The minimum absolute atomic E-state index is 0.293. The summed E-state index contributed by atoms with van der Waals surface area (Å²) in [4.78, 5) is 16.6. The van der Waals surface area contributed by atoms with Crippen molar-refractivity contribution in [1.29, 1.82) is 0 Å². The standard InChI is InChI=1S/C16H21N3O3/c1-21-12-6-8-19-13(9-12)14(16(20)22-2)18-15(19)11-5-3-4-7-17-10-11/h6,8-9,11,17H,3-5,7,10H2,1-2H3. The molecule has 1 unspecified atom stereocenters. The molecule has 0 spiro atoms. The van der Waals surface area contributed by atoms with Crippen LogP contribution in [0.2, 0.25) is 0 Å². The van der Waals surface area contributed by atoms with Gasteiger partial charge in [0.25, 0.3) is 0 Å². The van der Waals surface area contributed by atoms with Crippen molar-refractivity contribution >= 4 is 11.5 Å². The van der Waals surface area contributed by atoms with E-state index in [9.17, 15) is 4.79 Å². The van der Waals surface area contributed by atoms with Crippen LogP contribution in [0.5, 0.6) is 5.75 Å². The van der Waals surface area contributed by atoms with Crippen molar-refractivity contribution in [3.05, 3.63) is 29.8 Å². The van der Waals surface area contributed by atoms with Crippen molar-refractivity contribution in [1.82, 2.24) is 14.7 Å². The van der Waals surface area contributed by atoms with Gasteiger partial charge >= 0.3 is 5.97 Å². The molecule has 1 N–H and O–H groups in total. The number of carbonyl (C=O) groups is 1. The van der Waals surface area contributed by atoms with E-state index in [4.69, 9.17) is 9.47 Å². The Bertz CT molecular complexity index is 673. The Hall–Kier alpha value is -2.08. The molecule has 1 atom stereocenters. The molecule has 3 rings (SSSR count). The topological polar surface area (TPSA) is 64.9 Å². The molecule has 1 fully saturated rings. The van der Waals surface area contributed by atoms with Crippen molar-refractivity contribution in [3.8, 4) is 5.75 Å². The third-order valence-electron chi connectivity index (χ3n) is 4.17. The number of hydrogen-bond donors (Lipinski definition) is 1. The van der Waals surface area contributed by atoms with Crippen LogP contribution >= 0.6 is 0 Å². The Morgan fingerprint density at radius 3 is 3.05 bits per heavy atom. The van der Waals surface area contributed by atoms with Crippen LogP contribution in [0.3, 0.4) is 0 Å². The molecule has 2 aromatic heterocycles. The first kappa shape index (κ1) is 14.8. The maximum absolute atomic E-state index is 12.0. The first-order valence-electron chi connectivity index (χ1n) is 7.59. The van der Waals surface area contributed by atoms with E-state index in [1.807, 2.05) is 22.7 Å². The number of nitrogens with one attached hydrogen (secondary N) is 1. The fourth-order valence-electron chi connectivity index (χ4n) is 2.99. The molecule has 1 aliphatic heterocycles. The molecule has 3 heterocycles. The zero-order valence-electron chi connectivity index (χ0n) is 13.0. The molecule has 6 nitrogen and oxygen atoms in total. The van der Waals surface area contributed by atoms with Gasteiger partial charge in [0.1, 0.15) is 11.6 Å². The number of imidazole rings is 1. The Balaban J connectivity index is 2.11. The summed E-state index contributed by atoms with van der Waals surface area (Å²) in [5, 5.41) is 3.44. The number of esters is 1. The average molecular weight is 303 g/mol. The van der Waals surface area contributed by atoms with E-state index in [2.05, 4.69) is 10.3 Å². The largest absolute Gasteiger partial charge is 0.497 e. The van der Waals surface area contributed by atoms with Gasteiger partial charge < -0.3 is 19.2 Å². The summed E-state index contributed by atoms with van der Waals surface area (Å²) in [5.41, 5.74) is 1.08. The zero-order valence-corrected chi connectivity index (χ0v) is 13.0. The number of carbonyl (C=O) groups excluding carboxylic acids is 1. The lowest BCUT2D eigenvalue weighted by Gasteiger charge is -2.13. The minimum Gasteiger partial charge on any atom is -0.497 e. The monoisotopic (exact) mass is 303 g/mol. The quantitative estimate of drug-likeness (QED) is 0.879. The van der Waals surface area contributed by atoms with Crippen LogP contribution in [0.15, 0.2) is 18.3 Å². The van der Waals surface area contributed by atoms with Gasteiger partial charge in [0.05, 0.1) is 19.7 Å². The van der Waals surface area contributed by atoms with Crippen LogP contribution in [-0.4, -0.2) is 42.7 Å². The molecular formula is C16H21N3O3. The second-order valence-electron chi connectivity index (χ2n) is 5.53. The Morgan fingerprint density at radius 1 is 1.41 bits per heavy atom. The predicted molar refractivity (Wildman–Crippen MR) is 82.5 cm³/mol. The summed E-state index contributed by atoms with van der Waals surface area (Å²) < 4.78 is 12.1. The first-order chi connectivity index (χ1) is 10.7. The van der Waals surface area contributed by atoms with E-state index < -0.39 is 5.97 Å². The second kappa shape index (κ2) is 6.36. The molecule has 0 amide bonds. The highest BCUT2D eigenvalue weighted by molar-refractivity contribution is 5.95. The van der Waals surface area contributed by atoms with E-state index in [-0.39, 0.29) is 0 Å². The van der Waals surface area contributed by atoms with Crippen molar-refractivity contribution < 1.29 is 14.3 Å². The highest BCUT2D eigenvalue weighted by Crippen LogP contribution is 2.27. The number of rotatable bonds is 3. The van der Waals surface area contributed by atoms with Gasteiger partial charge in [0, 0.05) is 24.7 Å². The minimum atomic E-state index is -0.418. The van der Waals surface area contributed by atoms with Crippen LogP contribution in [-0.2, 0) is 4.74 Å². The normalized spacial score (nSPS) is 18.9. The van der Waals surface area contributed by atoms with Crippen LogP contribution in [0.25, 0.3) is 5.52 Å². The molecule has 1 saturated heterocycles. The molecule has 0 saturated carbocycles. The number of nitrogens with zero attached hydrogens (tertiary/aromatic N) is 2. The molecule has 0 aliphatic carbocycles. The van der Waals surface area contributed by atoms with E-state index in [1.165, 1.54) is 13.5 Å². The average Bonchev–Trinajstić information content (AvgIpc) is 2.74. The highest BCUT2D eigenvalue weighted by atomic mass is 16.5. The van der Waals surface area contributed by atoms with Gasteiger partial charge in [-0.2, -0.15) is 0 Å². The molecule has 118 valence electrons. The van der Waals surface area contributed by atoms with Gasteiger partial charge in [-0.05, 0) is 25.5 Å². The van der Waals surface area contributed by atoms with Crippen LogP contribution in [0.4, 0.5) is 0 Å². The van der Waals surface area contributed by atoms with Crippen LogP contribution in [0.1, 0.15) is 41.5 Å². The van der Waals surface area contributed by atoms with Crippen LogP contribution in [0, 0.1) is 0 Å². The molecule has 2 aromatic rings. The molecule has 1 aliphatic rings. The van der Waals surface area contributed by atoms with Gasteiger partial charge in [-0.15, -0.1) is 0 Å². The second-order valence-corrected chi connectivity index (χ2v) is 5.53. The number of methoxy groups -OCH3 is 2. The van der Waals surface area contributed by atoms with E-state index in [1.54, 1.807) is 7.11 Å². The molecule has 22 heavy (non-hydrogen) atoms. The van der Waals surface area contributed by atoms with Crippen molar-refractivity contribution in [2.24, 2.45) is 0 Å². The van der Waals surface area contributed by atoms with Gasteiger partial charge in [-0.3, -0.25) is 0 Å². The van der Waals surface area contributed by atoms with Crippen LogP contribution < -0.4 is 10.1 Å². The van der Waals surface area contributed by atoms with E-state index >= 15 is 0 Å². The molecule has 6 heteroatoms. The number of pyridine rings is 1. The number of hydrogen-bond acceptors (Lipinski definition) is 5. The van der Waals surface area contributed by atoms with Gasteiger partial charge in [0.15, 0.2) is 5.69 Å². The SMILES string of the molecule is COC(=O)c1nc(C2CCCCNC2)n2ccc(OC)cc12. The maximum Gasteiger partial charge on any atom is 0.358 e. The van der Waals surface area contributed by atoms with E-state index in [0.29, 0.717) is 17.4 Å². The third-order valence-corrected chi connectivity index (χ3v) is 4.17. The van der Waals surface area contributed by atoms with Gasteiger partial charge in [-0.25, -0.2) is 9.78 Å². The summed E-state index contributed by atoms with van der Waals surface area (Å²) in [6.07, 6.45) is 5.32. The number of fused-ring (bicyclic) bond motifs is 1. The third kappa shape index (κ3) is 2.66. The van der Waals surface area contributed by atoms with Gasteiger partial charge in [0.2, 0.25) is 0 Å². The lowest BCUT2D eigenvalue weighted by Crippen LogP contribution is -2.20. The van der Waals surface area contributed by atoms with Crippen molar-refractivity contribution in [2.75, 3.05) is 27.3 Å². The summed E-state index contributed by atoms with van der Waals surface area (Å²) in [6.45, 7) is 1.92. The highest BCUT2D eigenvalue weighted by Gasteiger charge is 2.24. The smallest absolute Gasteiger partial charge is 0.358 e. The lowest BCUT2D eigenvalue weighted by atomic mass is 10.0. The molecule has 0 radical (unpaired) electrons. The predicted octanol–water partition coefficient (Wildman–Crippen LogP) is 1.99. The Morgan fingerprint density at radius 2 is 2.27 bits per heavy atom. The lowest BCUT2D eigenvalue weighted by molar-refractivity contribution is 0.0596. The van der Waals surface area contributed by atoms with Crippen molar-refractivity contribution in [2.45, 2.75) is 25.2 Å². The molecule has 0 bridgehead atoms. The fraction of sp³-hybridized carbons (Fsp3) is 0.500. The summed E-state index contributed by atoms with van der Waals surface area (Å²) in [5.74, 6) is 1.48. The Kier molecular flexibility index (Phi) is 4.29. The zero-order chi connectivity index (χ0) is 15.5. The Labute approximate surface area is 129 Å². The number of ether oxygens (including phenoxy) is 2. The molecular weight excluding hydrogens is 282 g/mol. The van der Waals surface area contributed by atoms with E-state index in [0.717, 1.165) is 37.3 Å².